The van der Waals surface area contributed by atoms with Crippen LogP contribution in [-0.4, -0.2) is 24.0 Å². The number of nitrogens with zero attached hydrogens (tertiary/aromatic N) is 2. The maximum Gasteiger partial charge on any atom is 0.222 e. The van der Waals surface area contributed by atoms with Crippen LogP contribution in [0.3, 0.4) is 0 Å². The van der Waals surface area contributed by atoms with Crippen molar-refractivity contribution in [1.82, 2.24) is 4.98 Å². The van der Waals surface area contributed by atoms with Crippen molar-refractivity contribution in [2.24, 2.45) is 17.6 Å². The van der Waals surface area contributed by atoms with Crippen LogP contribution in [0.5, 0.6) is 0 Å². The molecule has 2 aromatic rings. The fraction of sp³-hybridized carbons (Fsp3) is 0.375. The number of primary amides is 1. The Kier molecular flexibility index (Phi) is 3.27. The van der Waals surface area contributed by atoms with Gasteiger partial charge in [0.05, 0.1) is 11.4 Å². The van der Waals surface area contributed by atoms with Gasteiger partial charge in [-0.1, -0.05) is 6.92 Å². The van der Waals surface area contributed by atoms with Crippen LogP contribution in [0.25, 0.3) is 10.9 Å². The number of hydrogen-bond donors (Lipinski definition) is 1. The van der Waals surface area contributed by atoms with Crippen molar-refractivity contribution in [3.8, 4) is 0 Å². The molecular weight excluding hydrogens is 269 g/mol. The second-order valence-corrected chi connectivity index (χ2v) is 5.84. The van der Waals surface area contributed by atoms with Gasteiger partial charge in [0.1, 0.15) is 5.82 Å². The van der Waals surface area contributed by atoms with Crippen molar-refractivity contribution < 1.29 is 9.18 Å². The molecule has 3 rings (SSSR count). The monoisotopic (exact) mass is 287 g/mol. The Morgan fingerprint density at radius 1 is 1.38 bits per heavy atom. The summed E-state index contributed by atoms with van der Waals surface area (Å²) < 4.78 is 13.6. The highest BCUT2D eigenvalue weighted by Gasteiger charge is 2.34. The van der Waals surface area contributed by atoms with E-state index in [9.17, 15) is 9.18 Å². The van der Waals surface area contributed by atoms with Crippen molar-refractivity contribution in [2.45, 2.75) is 13.8 Å². The van der Waals surface area contributed by atoms with Crippen LogP contribution in [0.2, 0.25) is 0 Å². The van der Waals surface area contributed by atoms with E-state index in [1.807, 2.05) is 19.9 Å². The van der Waals surface area contributed by atoms with E-state index < -0.39 is 0 Å². The highest BCUT2D eigenvalue weighted by molar-refractivity contribution is 5.92. The van der Waals surface area contributed by atoms with Crippen LogP contribution in [0.4, 0.5) is 10.1 Å². The van der Waals surface area contributed by atoms with Gasteiger partial charge in [0, 0.05) is 29.9 Å². The summed E-state index contributed by atoms with van der Waals surface area (Å²) in [5.41, 5.74) is 8.02. The van der Waals surface area contributed by atoms with E-state index in [4.69, 9.17) is 5.73 Å². The molecule has 1 fully saturated rings. The number of benzene rings is 1. The fourth-order valence-corrected chi connectivity index (χ4v) is 3.10. The van der Waals surface area contributed by atoms with Gasteiger partial charge < -0.3 is 10.6 Å². The van der Waals surface area contributed by atoms with Crippen LogP contribution < -0.4 is 10.6 Å². The summed E-state index contributed by atoms with van der Waals surface area (Å²) in [5, 5.41) is 0.776. The second-order valence-electron chi connectivity index (χ2n) is 5.84. The Hall–Kier alpha value is -2.17. The molecule has 1 amide bonds. The van der Waals surface area contributed by atoms with Crippen molar-refractivity contribution in [1.29, 1.82) is 0 Å². The lowest BCUT2D eigenvalue weighted by atomic mass is 9.98. The van der Waals surface area contributed by atoms with Crippen molar-refractivity contribution in [2.75, 3.05) is 18.0 Å². The molecule has 0 spiro atoms. The zero-order valence-corrected chi connectivity index (χ0v) is 12.1. The summed E-state index contributed by atoms with van der Waals surface area (Å²) in [6, 6.07) is 6.54. The van der Waals surface area contributed by atoms with E-state index in [2.05, 4.69) is 9.88 Å². The first-order valence-corrected chi connectivity index (χ1v) is 7.07. The smallest absolute Gasteiger partial charge is 0.222 e. The average Bonchev–Trinajstić information content (AvgIpc) is 2.80. The van der Waals surface area contributed by atoms with E-state index >= 15 is 0 Å². The summed E-state index contributed by atoms with van der Waals surface area (Å²) in [6.07, 6.45) is 0. The minimum Gasteiger partial charge on any atom is -0.370 e. The SMILES string of the molecule is Cc1cc(N2C[C@@H](C)[C@H](C(N)=O)C2)c2cc(F)ccc2n1. The number of hydrogen-bond acceptors (Lipinski definition) is 3. The third-order valence-electron chi connectivity index (χ3n) is 4.20. The maximum atomic E-state index is 13.6. The molecule has 2 atom stereocenters. The van der Waals surface area contributed by atoms with E-state index in [-0.39, 0.29) is 23.6 Å². The van der Waals surface area contributed by atoms with Crippen LogP contribution in [-0.2, 0) is 4.79 Å². The van der Waals surface area contributed by atoms with E-state index in [0.29, 0.717) is 6.54 Å². The largest absolute Gasteiger partial charge is 0.370 e. The molecule has 1 aliphatic heterocycles. The zero-order chi connectivity index (χ0) is 15.1. The first kappa shape index (κ1) is 13.8. The molecule has 1 aromatic carbocycles. The van der Waals surface area contributed by atoms with Gasteiger partial charge in [-0.05, 0) is 37.1 Å². The van der Waals surface area contributed by atoms with Gasteiger partial charge in [0.15, 0.2) is 0 Å². The zero-order valence-electron chi connectivity index (χ0n) is 12.1. The van der Waals surface area contributed by atoms with Gasteiger partial charge in [0.25, 0.3) is 0 Å². The number of carbonyl (C=O) groups excluding carboxylic acids is 1. The Morgan fingerprint density at radius 2 is 2.14 bits per heavy atom. The van der Waals surface area contributed by atoms with E-state index in [1.165, 1.54) is 12.1 Å². The number of fused-ring (bicyclic) bond motifs is 1. The summed E-state index contributed by atoms with van der Waals surface area (Å²) in [5.74, 6) is -0.527. The number of aromatic nitrogens is 1. The summed E-state index contributed by atoms with van der Waals surface area (Å²) in [4.78, 5) is 18.0. The molecule has 0 bridgehead atoms. The van der Waals surface area contributed by atoms with Gasteiger partial charge >= 0.3 is 0 Å². The molecule has 2 N–H and O–H groups in total. The van der Waals surface area contributed by atoms with Gasteiger partial charge in [0.2, 0.25) is 5.91 Å². The Balaban J connectivity index is 2.08. The van der Waals surface area contributed by atoms with Gasteiger partial charge in [-0.2, -0.15) is 0 Å². The molecule has 1 saturated heterocycles. The third kappa shape index (κ3) is 2.44. The highest BCUT2D eigenvalue weighted by Crippen LogP contribution is 2.33. The standard InChI is InChI=1S/C16H18FN3O/c1-9-7-20(8-13(9)16(18)21)15-5-10(2)19-14-4-3-11(17)6-12(14)15/h3-6,9,13H,7-8H2,1-2H3,(H2,18,21)/t9-,13-/m1/s1. The number of rotatable bonds is 2. The molecule has 0 saturated carbocycles. The lowest BCUT2D eigenvalue weighted by molar-refractivity contribution is -0.122. The molecule has 0 aliphatic carbocycles. The Morgan fingerprint density at radius 3 is 2.81 bits per heavy atom. The predicted molar refractivity (Wildman–Crippen MR) is 80.5 cm³/mol. The minimum atomic E-state index is -0.284. The van der Waals surface area contributed by atoms with Gasteiger partial charge in [-0.25, -0.2) is 4.39 Å². The van der Waals surface area contributed by atoms with Crippen LogP contribution in [0.1, 0.15) is 12.6 Å². The number of aryl methyl sites for hydroxylation is 1. The summed E-state index contributed by atoms with van der Waals surface area (Å²) >= 11 is 0. The summed E-state index contributed by atoms with van der Waals surface area (Å²) in [6.45, 7) is 5.25. The Bertz CT molecular complexity index is 716. The van der Waals surface area contributed by atoms with Crippen LogP contribution in [0, 0.1) is 24.6 Å². The molecule has 110 valence electrons. The maximum absolute atomic E-state index is 13.6. The minimum absolute atomic E-state index is 0.165. The number of amides is 1. The van der Waals surface area contributed by atoms with Gasteiger partial charge in [-0.15, -0.1) is 0 Å². The fourth-order valence-electron chi connectivity index (χ4n) is 3.10. The van der Waals surface area contributed by atoms with Crippen molar-refractivity contribution >= 4 is 22.5 Å². The third-order valence-corrected chi connectivity index (χ3v) is 4.20. The first-order valence-electron chi connectivity index (χ1n) is 7.07. The number of nitrogens with two attached hydrogens (primary N) is 1. The van der Waals surface area contributed by atoms with Crippen molar-refractivity contribution in [3.63, 3.8) is 0 Å². The molecule has 2 heterocycles. The molecule has 21 heavy (non-hydrogen) atoms. The van der Waals surface area contributed by atoms with Crippen LogP contribution >= 0.6 is 0 Å². The van der Waals surface area contributed by atoms with Crippen molar-refractivity contribution in [3.05, 3.63) is 35.8 Å². The van der Waals surface area contributed by atoms with Crippen LogP contribution in [0.15, 0.2) is 24.3 Å². The molecule has 5 heteroatoms. The van der Waals surface area contributed by atoms with Gasteiger partial charge in [-0.3, -0.25) is 9.78 Å². The second kappa shape index (κ2) is 4.98. The Labute approximate surface area is 122 Å². The summed E-state index contributed by atoms with van der Waals surface area (Å²) in [7, 11) is 0. The number of pyridine rings is 1. The first-order chi connectivity index (χ1) is 9.95. The predicted octanol–water partition coefficient (Wildman–Crippen LogP) is 2.24. The lowest BCUT2D eigenvalue weighted by Gasteiger charge is -2.21. The molecule has 4 nitrogen and oxygen atoms in total. The normalized spacial score (nSPS) is 22.0. The molecule has 1 aromatic heterocycles. The highest BCUT2D eigenvalue weighted by atomic mass is 19.1. The number of anilines is 1. The van der Waals surface area contributed by atoms with E-state index in [1.54, 1.807) is 6.07 Å². The molecule has 1 aliphatic rings. The molecular formula is C16H18FN3O. The lowest BCUT2D eigenvalue weighted by Crippen LogP contribution is -2.29. The molecule has 0 radical (unpaired) electrons. The number of carbonyl (C=O) groups is 1. The quantitative estimate of drug-likeness (QED) is 0.921. The van der Waals surface area contributed by atoms with E-state index in [0.717, 1.165) is 28.8 Å². The number of halogens is 1. The topological polar surface area (TPSA) is 59.2 Å². The average molecular weight is 287 g/mol. The molecule has 0 unspecified atom stereocenters.